The number of piperazine rings is 1. The Balaban J connectivity index is 1.56. The van der Waals surface area contributed by atoms with Gasteiger partial charge in [0.05, 0.1) is 10.5 Å². The Bertz CT molecular complexity index is 915. The molecule has 0 aliphatic carbocycles. The molecule has 0 bridgehead atoms. The van der Waals surface area contributed by atoms with Crippen LogP contribution in [0.1, 0.15) is 12.5 Å². The van der Waals surface area contributed by atoms with Gasteiger partial charge in [0, 0.05) is 45.0 Å². The number of nitrogens with zero attached hydrogens (tertiary/aromatic N) is 3. The Morgan fingerprint density at radius 2 is 1.83 bits per heavy atom. The number of anilines is 1. The van der Waals surface area contributed by atoms with Gasteiger partial charge in [0.1, 0.15) is 5.82 Å². The van der Waals surface area contributed by atoms with Crippen LogP contribution < -0.4 is 9.62 Å². The number of hydrogen-bond acceptors (Lipinski definition) is 5. The lowest BCUT2D eigenvalue weighted by molar-refractivity contribution is -0.137. The SMILES string of the molecule is CC(CN1CCN(c2ccccn2)CC1)NS(=O)(=O)c1cccc(C(F)(F)F)c1. The molecule has 29 heavy (non-hydrogen) atoms. The maximum absolute atomic E-state index is 12.9. The molecule has 0 radical (unpaired) electrons. The minimum Gasteiger partial charge on any atom is -0.354 e. The maximum atomic E-state index is 12.9. The molecular weight excluding hydrogens is 405 g/mol. The van der Waals surface area contributed by atoms with Gasteiger partial charge in [-0.2, -0.15) is 13.2 Å². The zero-order valence-corrected chi connectivity index (χ0v) is 16.7. The molecule has 0 amide bonds. The first-order valence-electron chi connectivity index (χ1n) is 9.23. The normalized spacial score (nSPS) is 17.3. The van der Waals surface area contributed by atoms with E-state index in [4.69, 9.17) is 0 Å². The highest BCUT2D eigenvalue weighted by Gasteiger charge is 2.32. The number of aromatic nitrogens is 1. The summed E-state index contributed by atoms with van der Waals surface area (Å²) in [6, 6.07) is 9.05. The van der Waals surface area contributed by atoms with E-state index in [0.717, 1.165) is 50.2 Å². The van der Waals surface area contributed by atoms with E-state index in [9.17, 15) is 21.6 Å². The van der Waals surface area contributed by atoms with Gasteiger partial charge in [-0.1, -0.05) is 12.1 Å². The molecule has 1 unspecified atom stereocenters. The van der Waals surface area contributed by atoms with Crippen LogP contribution in [0.25, 0.3) is 0 Å². The molecule has 1 aromatic carbocycles. The minimum absolute atomic E-state index is 0.390. The molecule has 0 saturated carbocycles. The fraction of sp³-hybridized carbons (Fsp3) is 0.421. The van der Waals surface area contributed by atoms with Crippen molar-refractivity contribution in [1.29, 1.82) is 0 Å². The van der Waals surface area contributed by atoms with Crippen molar-refractivity contribution in [2.24, 2.45) is 0 Å². The lowest BCUT2D eigenvalue weighted by atomic mass is 10.2. The zero-order valence-electron chi connectivity index (χ0n) is 15.9. The average Bonchev–Trinajstić information content (AvgIpc) is 2.68. The van der Waals surface area contributed by atoms with E-state index in [2.05, 4.69) is 19.5 Å². The number of rotatable bonds is 6. The number of hydrogen-bond donors (Lipinski definition) is 1. The second kappa shape index (κ2) is 8.68. The summed E-state index contributed by atoms with van der Waals surface area (Å²) >= 11 is 0. The van der Waals surface area contributed by atoms with E-state index < -0.39 is 27.8 Å². The molecule has 1 aliphatic heterocycles. The van der Waals surface area contributed by atoms with Crippen molar-refractivity contribution in [2.75, 3.05) is 37.6 Å². The Labute approximate surface area is 168 Å². The molecule has 1 N–H and O–H groups in total. The predicted molar refractivity (Wildman–Crippen MR) is 104 cm³/mol. The molecule has 158 valence electrons. The predicted octanol–water partition coefficient (Wildman–Crippen LogP) is 2.59. The van der Waals surface area contributed by atoms with Gasteiger partial charge in [0.15, 0.2) is 0 Å². The first-order valence-corrected chi connectivity index (χ1v) is 10.7. The van der Waals surface area contributed by atoms with E-state index in [1.54, 1.807) is 13.1 Å². The molecule has 2 aromatic rings. The number of pyridine rings is 1. The smallest absolute Gasteiger partial charge is 0.354 e. The van der Waals surface area contributed by atoms with E-state index in [0.29, 0.717) is 12.6 Å². The summed E-state index contributed by atoms with van der Waals surface area (Å²) in [6.07, 6.45) is -2.85. The molecule has 6 nitrogen and oxygen atoms in total. The number of alkyl halides is 3. The molecule has 3 rings (SSSR count). The van der Waals surface area contributed by atoms with Gasteiger partial charge in [0.2, 0.25) is 10.0 Å². The quantitative estimate of drug-likeness (QED) is 0.766. The molecular formula is C19H23F3N4O2S. The molecule has 10 heteroatoms. The molecule has 0 spiro atoms. The molecule has 1 aliphatic rings. The van der Waals surface area contributed by atoms with Gasteiger partial charge < -0.3 is 4.90 Å². The maximum Gasteiger partial charge on any atom is 0.416 e. The highest BCUT2D eigenvalue weighted by molar-refractivity contribution is 7.89. The van der Waals surface area contributed by atoms with E-state index >= 15 is 0 Å². The Kier molecular flexibility index (Phi) is 6.45. The van der Waals surface area contributed by atoms with Crippen LogP contribution in [0, 0.1) is 0 Å². The van der Waals surface area contributed by atoms with Gasteiger partial charge in [-0.05, 0) is 37.3 Å². The van der Waals surface area contributed by atoms with Crippen LogP contribution in [0.2, 0.25) is 0 Å². The van der Waals surface area contributed by atoms with Gasteiger partial charge in [0.25, 0.3) is 0 Å². The lowest BCUT2D eigenvalue weighted by Gasteiger charge is -2.36. The number of halogens is 3. The molecule has 1 fully saturated rings. The fourth-order valence-electron chi connectivity index (χ4n) is 3.30. The van der Waals surface area contributed by atoms with E-state index in [1.807, 2.05) is 18.2 Å². The summed E-state index contributed by atoms with van der Waals surface area (Å²) in [6.45, 7) is 5.19. The summed E-state index contributed by atoms with van der Waals surface area (Å²) in [5.74, 6) is 0.908. The summed E-state index contributed by atoms with van der Waals surface area (Å²) in [5, 5.41) is 0. The Morgan fingerprint density at radius 1 is 1.10 bits per heavy atom. The van der Waals surface area contributed by atoms with Crippen molar-refractivity contribution in [3.63, 3.8) is 0 Å². The van der Waals surface area contributed by atoms with Crippen molar-refractivity contribution in [3.05, 3.63) is 54.2 Å². The van der Waals surface area contributed by atoms with Crippen molar-refractivity contribution in [2.45, 2.75) is 24.0 Å². The fourth-order valence-corrected chi connectivity index (χ4v) is 4.58. The van der Waals surface area contributed by atoms with Crippen LogP contribution in [-0.2, 0) is 16.2 Å². The summed E-state index contributed by atoms with van der Waals surface area (Å²) < 4.78 is 66.0. The van der Waals surface area contributed by atoms with Crippen LogP contribution in [0.5, 0.6) is 0 Å². The number of benzene rings is 1. The van der Waals surface area contributed by atoms with Crippen LogP contribution in [-0.4, -0.2) is 57.1 Å². The highest BCUT2D eigenvalue weighted by Crippen LogP contribution is 2.30. The van der Waals surface area contributed by atoms with Crippen LogP contribution in [0.4, 0.5) is 19.0 Å². The second-order valence-electron chi connectivity index (χ2n) is 7.02. The zero-order chi connectivity index (χ0) is 21.1. The summed E-state index contributed by atoms with van der Waals surface area (Å²) in [5.41, 5.74) is -0.987. The first-order chi connectivity index (χ1) is 13.6. The van der Waals surface area contributed by atoms with Crippen LogP contribution in [0.3, 0.4) is 0 Å². The topological polar surface area (TPSA) is 65.5 Å². The largest absolute Gasteiger partial charge is 0.416 e. The van der Waals surface area contributed by atoms with E-state index in [-0.39, 0.29) is 4.90 Å². The minimum atomic E-state index is -4.59. The lowest BCUT2D eigenvalue weighted by Crippen LogP contribution is -2.51. The molecule has 1 atom stereocenters. The van der Waals surface area contributed by atoms with Crippen molar-refractivity contribution in [3.8, 4) is 0 Å². The summed E-state index contributed by atoms with van der Waals surface area (Å²) in [7, 11) is -4.04. The third-order valence-electron chi connectivity index (χ3n) is 4.71. The third kappa shape index (κ3) is 5.68. The summed E-state index contributed by atoms with van der Waals surface area (Å²) in [4.78, 5) is 8.23. The van der Waals surface area contributed by atoms with Gasteiger partial charge >= 0.3 is 6.18 Å². The first kappa shape index (κ1) is 21.5. The van der Waals surface area contributed by atoms with Crippen molar-refractivity contribution in [1.82, 2.24) is 14.6 Å². The van der Waals surface area contributed by atoms with Gasteiger partial charge in [-0.3, -0.25) is 4.90 Å². The van der Waals surface area contributed by atoms with Crippen LogP contribution >= 0.6 is 0 Å². The molecule has 1 saturated heterocycles. The Morgan fingerprint density at radius 3 is 2.45 bits per heavy atom. The van der Waals surface area contributed by atoms with Crippen molar-refractivity contribution < 1.29 is 21.6 Å². The average molecular weight is 428 g/mol. The van der Waals surface area contributed by atoms with Gasteiger partial charge in [-0.25, -0.2) is 18.1 Å². The Hall–Kier alpha value is -2.17. The monoisotopic (exact) mass is 428 g/mol. The number of nitrogens with one attached hydrogen (secondary N) is 1. The van der Waals surface area contributed by atoms with Crippen molar-refractivity contribution >= 4 is 15.8 Å². The molecule has 2 heterocycles. The van der Waals surface area contributed by atoms with E-state index in [1.165, 1.54) is 0 Å². The molecule has 1 aromatic heterocycles. The van der Waals surface area contributed by atoms with Gasteiger partial charge in [-0.15, -0.1) is 0 Å². The second-order valence-corrected chi connectivity index (χ2v) is 8.74. The number of sulfonamides is 1. The standard InChI is InChI=1S/C19H23F3N4O2S/c1-15(14-25-9-11-26(12-10-25)18-7-2-3-8-23-18)24-29(27,28)17-6-4-5-16(13-17)19(20,21)22/h2-8,13,15,24H,9-12,14H2,1H3. The third-order valence-corrected chi connectivity index (χ3v) is 6.29. The van der Waals surface area contributed by atoms with Crippen LogP contribution in [0.15, 0.2) is 53.6 Å². The highest BCUT2D eigenvalue weighted by atomic mass is 32.2.